The van der Waals surface area contributed by atoms with Crippen molar-refractivity contribution in [1.82, 2.24) is 15.6 Å². The standard InChI is InChI=1S/C15H19N3O2/c1-10(15(19)16-2)17-9-12-8-7-11-5-4-6-13(20-3)14(11)18-12/h4-8,10,17H,9H2,1-3H3,(H,16,19). The molecule has 2 aromatic rings. The molecule has 1 aromatic carbocycles. The van der Waals surface area contributed by atoms with Crippen LogP contribution in [0.5, 0.6) is 5.75 Å². The number of pyridine rings is 1. The third kappa shape index (κ3) is 3.05. The average Bonchev–Trinajstić information content (AvgIpc) is 2.50. The number of ether oxygens (including phenoxy) is 1. The van der Waals surface area contributed by atoms with Crippen LogP contribution in [0.25, 0.3) is 10.9 Å². The van der Waals surface area contributed by atoms with Gasteiger partial charge in [-0.2, -0.15) is 0 Å². The first-order chi connectivity index (χ1) is 9.65. The molecule has 1 heterocycles. The maximum Gasteiger partial charge on any atom is 0.236 e. The van der Waals surface area contributed by atoms with E-state index < -0.39 is 0 Å². The van der Waals surface area contributed by atoms with Crippen molar-refractivity contribution in [3.05, 3.63) is 36.0 Å². The Morgan fingerprint density at radius 2 is 2.15 bits per heavy atom. The number of benzene rings is 1. The molecule has 0 saturated carbocycles. The molecule has 106 valence electrons. The van der Waals surface area contributed by atoms with Crippen LogP contribution in [0.1, 0.15) is 12.6 Å². The smallest absolute Gasteiger partial charge is 0.236 e. The third-order valence-electron chi connectivity index (χ3n) is 3.19. The number of carbonyl (C=O) groups excluding carboxylic acids is 1. The molecule has 0 aliphatic rings. The number of nitrogens with one attached hydrogen (secondary N) is 2. The zero-order valence-corrected chi connectivity index (χ0v) is 11.9. The van der Waals surface area contributed by atoms with Gasteiger partial charge in [0.1, 0.15) is 11.3 Å². The number of rotatable bonds is 5. The Labute approximate surface area is 118 Å². The molecule has 5 heteroatoms. The Bertz CT molecular complexity index is 613. The quantitative estimate of drug-likeness (QED) is 0.866. The van der Waals surface area contributed by atoms with Crippen molar-refractivity contribution < 1.29 is 9.53 Å². The monoisotopic (exact) mass is 273 g/mol. The molecule has 2 N–H and O–H groups in total. The predicted molar refractivity (Wildman–Crippen MR) is 78.7 cm³/mol. The number of carbonyl (C=O) groups is 1. The van der Waals surface area contributed by atoms with Gasteiger partial charge >= 0.3 is 0 Å². The molecule has 0 spiro atoms. The highest BCUT2D eigenvalue weighted by Crippen LogP contribution is 2.23. The molecular weight excluding hydrogens is 254 g/mol. The highest BCUT2D eigenvalue weighted by atomic mass is 16.5. The van der Waals surface area contributed by atoms with Gasteiger partial charge in [-0.1, -0.05) is 18.2 Å². The number of amides is 1. The lowest BCUT2D eigenvalue weighted by molar-refractivity contribution is -0.122. The minimum absolute atomic E-state index is 0.0385. The normalized spacial score (nSPS) is 12.2. The fraction of sp³-hybridized carbons (Fsp3) is 0.333. The van der Waals surface area contributed by atoms with Gasteiger partial charge in [0.25, 0.3) is 0 Å². The van der Waals surface area contributed by atoms with E-state index in [9.17, 15) is 4.79 Å². The van der Waals surface area contributed by atoms with Crippen LogP contribution < -0.4 is 15.4 Å². The second-order valence-corrected chi connectivity index (χ2v) is 4.55. The summed E-state index contributed by atoms with van der Waals surface area (Å²) in [5, 5.41) is 6.78. The first kappa shape index (κ1) is 14.3. The molecule has 1 aromatic heterocycles. The van der Waals surface area contributed by atoms with Gasteiger partial charge in [0, 0.05) is 19.0 Å². The number of hydrogen-bond acceptors (Lipinski definition) is 4. The van der Waals surface area contributed by atoms with Crippen LogP contribution in [-0.4, -0.2) is 31.1 Å². The summed E-state index contributed by atoms with van der Waals surface area (Å²) < 4.78 is 5.32. The minimum atomic E-state index is -0.254. The molecule has 0 bridgehead atoms. The Balaban J connectivity index is 2.17. The summed E-state index contributed by atoms with van der Waals surface area (Å²) >= 11 is 0. The summed E-state index contributed by atoms with van der Waals surface area (Å²) in [7, 11) is 3.26. The van der Waals surface area contributed by atoms with Gasteiger partial charge in [-0.25, -0.2) is 4.98 Å². The molecule has 2 rings (SSSR count). The first-order valence-electron chi connectivity index (χ1n) is 6.53. The van der Waals surface area contributed by atoms with E-state index in [1.54, 1.807) is 14.2 Å². The number of fused-ring (bicyclic) bond motifs is 1. The van der Waals surface area contributed by atoms with E-state index in [0.29, 0.717) is 6.54 Å². The highest BCUT2D eigenvalue weighted by Gasteiger charge is 2.10. The second-order valence-electron chi connectivity index (χ2n) is 4.55. The van der Waals surface area contributed by atoms with Crippen molar-refractivity contribution in [2.75, 3.05) is 14.2 Å². The van der Waals surface area contributed by atoms with Crippen molar-refractivity contribution >= 4 is 16.8 Å². The minimum Gasteiger partial charge on any atom is -0.494 e. The summed E-state index contributed by atoms with van der Waals surface area (Å²) in [6.45, 7) is 2.35. The van der Waals surface area contributed by atoms with Gasteiger partial charge in [-0.15, -0.1) is 0 Å². The number of aromatic nitrogens is 1. The first-order valence-corrected chi connectivity index (χ1v) is 6.53. The molecule has 0 saturated heterocycles. The van der Waals surface area contributed by atoms with Crippen LogP contribution in [0.2, 0.25) is 0 Å². The summed E-state index contributed by atoms with van der Waals surface area (Å²) in [6.07, 6.45) is 0. The maximum absolute atomic E-state index is 11.4. The lowest BCUT2D eigenvalue weighted by atomic mass is 10.2. The third-order valence-corrected chi connectivity index (χ3v) is 3.19. The van der Waals surface area contributed by atoms with Crippen molar-refractivity contribution in [2.24, 2.45) is 0 Å². The lowest BCUT2D eigenvalue weighted by Crippen LogP contribution is -2.40. The van der Waals surface area contributed by atoms with Crippen molar-refractivity contribution in [3.8, 4) is 5.75 Å². The molecule has 5 nitrogen and oxygen atoms in total. The number of nitrogens with zero attached hydrogens (tertiary/aromatic N) is 1. The number of methoxy groups -OCH3 is 1. The predicted octanol–water partition coefficient (Wildman–Crippen LogP) is 1.47. The van der Waals surface area contributed by atoms with Crippen LogP contribution in [0.4, 0.5) is 0 Å². The SMILES string of the molecule is CNC(=O)C(C)NCc1ccc2cccc(OC)c2n1. The summed E-state index contributed by atoms with van der Waals surface area (Å²) in [4.78, 5) is 16.0. The maximum atomic E-state index is 11.4. The van der Waals surface area contributed by atoms with Gasteiger partial charge in [-0.3, -0.25) is 4.79 Å². The summed E-state index contributed by atoms with van der Waals surface area (Å²) in [5.41, 5.74) is 1.71. The second kappa shape index (κ2) is 6.34. The van der Waals surface area contributed by atoms with Crippen LogP contribution in [0.3, 0.4) is 0 Å². The lowest BCUT2D eigenvalue weighted by Gasteiger charge is -2.12. The molecule has 1 atom stereocenters. The van der Waals surface area contributed by atoms with Gasteiger partial charge in [0.2, 0.25) is 5.91 Å². The van der Waals surface area contributed by atoms with Crippen LogP contribution >= 0.6 is 0 Å². The van der Waals surface area contributed by atoms with Gasteiger partial charge in [0.05, 0.1) is 18.8 Å². The topological polar surface area (TPSA) is 63.2 Å². The zero-order chi connectivity index (χ0) is 14.5. The molecule has 1 amide bonds. The molecule has 0 radical (unpaired) electrons. The fourth-order valence-electron chi connectivity index (χ4n) is 1.99. The Hall–Kier alpha value is -2.14. The van der Waals surface area contributed by atoms with E-state index in [4.69, 9.17) is 4.74 Å². The van der Waals surface area contributed by atoms with Crippen LogP contribution in [-0.2, 0) is 11.3 Å². The van der Waals surface area contributed by atoms with Gasteiger partial charge in [-0.05, 0) is 19.1 Å². The fourth-order valence-corrected chi connectivity index (χ4v) is 1.99. The van der Waals surface area contributed by atoms with E-state index >= 15 is 0 Å². The number of likely N-dealkylation sites (N-methyl/N-ethyl adjacent to an activating group) is 1. The van der Waals surface area contributed by atoms with E-state index in [-0.39, 0.29) is 11.9 Å². The van der Waals surface area contributed by atoms with E-state index in [1.807, 2.05) is 37.3 Å². The molecule has 0 aliphatic heterocycles. The Morgan fingerprint density at radius 1 is 1.35 bits per heavy atom. The van der Waals surface area contributed by atoms with Crippen molar-refractivity contribution in [1.29, 1.82) is 0 Å². The van der Waals surface area contributed by atoms with E-state index in [1.165, 1.54) is 0 Å². The van der Waals surface area contributed by atoms with Crippen molar-refractivity contribution in [3.63, 3.8) is 0 Å². The van der Waals surface area contributed by atoms with E-state index in [2.05, 4.69) is 15.6 Å². The van der Waals surface area contributed by atoms with Gasteiger partial charge in [0.15, 0.2) is 0 Å². The highest BCUT2D eigenvalue weighted by molar-refractivity contribution is 5.84. The van der Waals surface area contributed by atoms with Crippen molar-refractivity contribution in [2.45, 2.75) is 19.5 Å². The molecule has 0 aliphatic carbocycles. The molecule has 20 heavy (non-hydrogen) atoms. The summed E-state index contributed by atoms with van der Waals surface area (Å²) in [6, 6.07) is 9.52. The number of hydrogen-bond donors (Lipinski definition) is 2. The zero-order valence-electron chi connectivity index (χ0n) is 11.9. The molecular formula is C15H19N3O2. The van der Waals surface area contributed by atoms with Crippen LogP contribution in [0, 0.1) is 0 Å². The summed E-state index contributed by atoms with van der Waals surface area (Å²) in [5.74, 6) is 0.715. The Kier molecular flexibility index (Phi) is 4.53. The molecule has 0 fully saturated rings. The van der Waals surface area contributed by atoms with E-state index in [0.717, 1.165) is 22.3 Å². The Morgan fingerprint density at radius 3 is 2.85 bits per heavy atom. The number of para-hydroxylation sites is 1. The average molecular weight is 273 g/mol. The largest absolute Gasteiger partial charge is 0.494 e. The van der Waals surface area contributed by atoms with Gasteiger partial charge < -0.3 is 15.4 Å². The van der Waals surface area contributed by atoms with Crippen LogP contribution in [0.15, 0.2) is 30.3 Å². The molecule has 1 unspecified atom stereocenters.